The number of rotatable bonds is 2. The van der Waals surface area contributed by atoms with Gasteiger partial charge in [0.05, 0.1) is 13.2 Å². The van der Waals surface area contributed by atoms with Crippen LogP contribution in [0.2, 0.25) is 0 Å². The molecule has 1 fully saturated rings. The molecule has 1 heterocycles. The predicted molar refractivity (Wildman–Crippen MR) is 36.9 cm³/mol. The first-order chi connectivity index (χ1) is 3.93. The lowest BCUT2D eigenvalue weighted by molar-refractivity contribution is -0.0378. The zero-order valence-electron chi connectivity index (χ0n) is 5.42. The van der Waals surface area contributed by atoms with Crippen molar-refractivity contribution in [3.05, 3.63) is 0 Å². The van der Waals surface area contributed by atoms with Crippen LogP contribution in [0.25, 0.3) is 0 Å². The maximum absolute atomic E-state index is 5.11. The van der Waals surface area contributed by atoms with Crippen LogP contribution in [0, 0.1) is 0 Å². The van der Waals surface area contributed by atoms with Crippen LogP contribution >= 0.6 is 12.4 Å². The van der Waals surface area contributed by atoms with Gasteiger partial charge in [0.1, 0.15) is 0 Å². The number of hydrogen-bond donors (Lipinski definition) is 1. The Labute approximate surface area is 61.1 Å². The van der Waals surface area contributed by atoms with Gasteiger partial charge in [-0.1, -0.05) is 0 Å². The van der Waals surface area contributed by atoms with E-state index in [0.29, 0.717) is 0 Å². The molecule has 0 spiro atoms. The van der Waals surface area contributed by atoms with Crippen molar-refractivity contribution in [2.24, 2.45) is 0 Å². The highest BCUT2D eigenvalue weighted by Gasteiger charge is 2.13. The second-order valence-corrected chi connectivity index (χ2v) is 1.73. The summed E-state index contributed by atoms with van der Waals surface area (Å²) < 4.78 is 10.2. The van der Waals surface area contributed by atoms with Gasteiger partial charge in [-0.15, -0.1) is 12.4 Å². The molecule has 0 bridgehead atoms. The van der Waals surface area contributed by atoms with E-state index in [9.17, 15) is 0 Å². The van der Waals surface area contributed by atoms with Crippen molar-refractivity contribution in [3.8, 4) is 0 Å². The molecule has 0 aromatic carbocycles. The molecule has 0 radical (unpaired) electrons. The molecule has 4 heteroatoms. The van der Waals surface area contributed by atoms with Gasteiger partial charge < -0.3 is 14.8 Å². The third kappa shape index (κ3) is 3.01. The molecule has 1 aliphatic heterocycles. The predicted octanol–water partition coefficient (Wildman–Crippen LogP) is 0.000500. The summed E-state index contributed by atoms with van der Waals surface area (Å²) in [6.45, 7) is 2.28. The molecule has 56 valence electrons. The second kappa shape index (κ2) is 4.99. The van der Waals surface area contributed by atoms with Crippen molar-refractivity contribution in [2.45, 2.75) is 6.29 Å². The van der Waals surface area contributed by atoms with Crippen LogP contribution in [0.15, 0.2) is 0 Å². The minimum Gasteiger partial charge on any atom is -0.349 e. The van der Waals surface area contributed by atoms with Gasteiger partial charge in [-0.25, -0.2) is 0 Å². The third-order valence-electron chi connectivity index (χ3n) is 1.06. The lowest BCUT2D eigenvalue weighted by Crippen LogP contribution is -2.23. The van der Waals surface area contributed by atoms with E-state index in [0.717, 1.165) is 19.8 Å². The summed E-state index contributed by atoms with van der Waals surface area (Å²) in [5.41, 5.74) is 0. The number of likely N-dealkylation sites (N-methyl/N-ethyl adjacent to an activating group) is 1. The van der Waals surface area contributed by atoms with Gasteiger partial charge in [0.15, 0.2) is 6.29 Å². The van der Waals surface area contributed by atoms with Gasteiger partial charge in [0.25, 0.3) is 0 Å². The maximum Gasteiger partial charge on any atom is 0.170 e. The maximum atomic E-state index is 5.11. The molecule has 0 atom stereocenters. The monoisotopic (exact) mass is 153 g/mol. The summed E-state index contributed by atoms with van der Waals surface area (Å²) in [5, 5.41) is 2.96. The first-order valence-corrected chi connectivity index (χ1v) is 2.81. The molecule has 0 aliphatic carbocycles. The summed E-state index contributed by atoms with van der Waals surface area (Å²) in [6.07, 6.45) is -0.000000000000000222. The van der Waals surface area contributed by atoms with E-state index in [1.807, 2.05) is 7.05 Å². The lowest BCUT2D eigenvalue weighted by Gasteiger charge is -2.05. The van der Waals surface area contributed by atoms with Crippen LogP contribution in [0.5, 0.6) is 0 Å². The Hall–Kier alpha value is 0.170. The van der Waals surface area contributed by atoms with Crippen molar-refractivity contribution in [1.82, 2.24) is 5.32 Å². The Morgan fingerprint density at radius 1 is 1.44 bits per heavy atom. The largest absolute Gasteiger partial charge is 0.349 e. The molecular weight excluding hydrogens is 142 g/mol. The quantitative estimate of drug-likeness (QED) is 0.606. The van der Waals surface area contributed by atoms with E-state index < -0.39 is 0 Å². The Kier molecular flexibility index (Phi) is 5.09. The first-order valence-electron chi connectivity index (χ1n) is 2.81. The molecule has 3 nitrogen and oxygen atoms in total. The molecular formula is C5H12ClNO2. The summed E-state index contributed by atoms with van der Waals surface area (Å²) in [4.78, 5) is 0. The minimum absolute atomic E-state index is 0. The standard InChI is InChI=1S/C5H11NO2.ClH/c1-6-4-5-7-2-3-8-5;/h5-6H,2-4H2,1H3;1H. The molecule has 0 amide bonds. The van der Waals surface area contributed by atoms with Gasteiger partial charge in [-0.05, 0) is 7.05 Å². The van der Waals surface area contributed by atoms with E-state index in [-0.39, 0.29) is 18.7 Å². The summed E-state index contributed by atoms with van der Waals surface area (Å²) in [5.74, 6) is 0. The smallest absolute Gasteiger partial charge is 0.170 e. The van der Waals surface area contributed by atoms with Gasteiger partial charge >= 0.3 is 0 Å². The van der Waals surface area contributed by atoms with Crippen molar-refractivity contribution in [3.63, 3.8) is 0 Å². The Bertz CT molecular complexity index is 66.0. The van der Waals surface area contributed by atoms with Crippen LogP contribution in [-0.4, -0.2) is 33.1 Å². The number of ether oxygens (including phenoxy) is 2. The minimum atomic E-state index is -0.000000000000000222. The molecule has 0 aromatic rings. The molecule has 1 aliphatic rings. The fourth-order valence-corrected chi connectivity index (χ4v) is 0.692. The second-order valence-electron chi connectivity index (χ2n) is 1.73. The van der Waals surface area contributed by atoms with Gasteiger partial charge in [-0.3, -0.25) is 0 Å². The molecule has 0 saturated carbocycles. The molecule has 1 rings (SSSR count). The summed E-state index contributed by atoms with van der Waals surface area (Å²) in [6, 6.07) is 0. The van der Waals surface area contributed by atoms with E-state index in [2.05, 4.69) is 5.32 Å². The average Bonchev–Trinajstić information content (AvgIpc) is 2.19. The van der Waals surface area contributed by atoms with Crippen LogP contribution in [0.3, 0.4) is 0 Å². The first kappa shape index (κ1) is 9.17. The summed E-state index contributed by atoms with van der Waals surface area (Å²) in [7, 11) is 1.88. The van der Waals surface area contributed by atoms with E-state index in [1.165, 1.54) is 0 Å². The van der Waals surface area contributed by atoms with Crippen molar-refractivity contribution in [2.75, 3.05) is 26.8 Å². The van der Waals surface area contributed by atoms with Gasteiger partial charge in [0, 0.05) is 6.54 Å². The topological polar surface area (TPSA) is 30.5 Å². The third-order valence-corrected chi connectivity index (χ3v) is 1.06. The van der Waals surface area contributed by atoms with E-state index in [4.69, 9.17) is 9.47 Å². The average molecular weight is 154 g/mol. The van der Waals surface area contributed by atoms with Crippen LogP contribution in [0.1, 0.15) is 0 Å². The molecule has 1 N–H and O–H groups in total. The zero-order chi connectivity index (χ0) is 5.82. The van der Waals surface area contributed by atoms with Crippen molar-refractivity contribution in [1.29, 1.82) is 0 Å². The zero-order valence-corrected chi connectivity index (χ0v) is 6.24. The Morgan fingerprint density at radius 2 is 2.00 bits per heavy atom. The Morgan fingerprint density at radius 3 is 2.44 bits per heavy atom. The van der Waals surface area contributed by atoms with Gasteiger partial charge in [0.2, 0.25) is 0 Å². The highest BCUT2D eigenvalue weighted by Crippen LogP contribution is 2.00. The SMILES string of the molecule is CNCC1OCCO1.Cl. The van der Waals surface area contributed by atoms with E-state index >= 15 is 0 Å². The highest BCUT2D eigenvalue weighted by atomic mass is 35.5. The normalized spacial score (nSPS) is 19.7. The van der Waals surface area contributed by atoms with Gasteiger partial charge in [-0.2, -0.15) is 0 Å². The van der Waals surface area contributed by atoms with Crippen LogP contribution < -0.4 is 5.32 Å². The molecule has 0 aromatic heterocycles. The van der Waals surface area contributed by atoms with Crippen LogP contribution in [-0.2, 0) is 9.47 Å². The molecule has 0 unspecified atom stereocenters. The lowest BCUT2D eigenvalue weighted by atomic mass is 10.6. The highest BCUT2D eigenvalue weighted by molar-refractivity contribution is 5.85. The van der Waals surface area contributed by atoms with Crippen LogP contribution in [0.4, 0.5) is 0 Å². The number of nitrogens with one attached hydrogen (secondary N) is 1. The fourth-order valence-electron chi connectivity index (χ4n) is 0.692. The molecule has 1 saturated heterocycles. The number of hydrogen-bond acceptors (Lipinski definition) is 3. The molecule has 9 heavy (non-hydrogen) atoms. The summed E-state index contributed by atoms with van der Waals surface area (Å²) >= 11 is 0. The number of halogens is 1. The van der Waals surface area contributed by atoms with Crippen molar-refractivity contribution < 1.29 is 9.47 Å². The van der Waals surface area contributed by atoms with E-state index in [1.54, 1.807) is 0 Å². The fraction of sp³-hybridized carbons (Fsp3) is 1.00. The Balaban J connectivity index is 0.000000640. The van der Waals surface area contributed by atoms with Crippen molar-refractivity contribution >= 4 is 12.4 Å².